The van der Waals surface area contributed by atoms with Gasteiger partial charge in [-0.15, -0.1) is 0 Å². The number of anilines is 3. The lowest BCUT2D eigenvalue weighted by Gasteiger charge is -2.26. The molecule has 272 valence electrons. The summed E-state index contributed by atoms with van der Waals surface area (Å²) in [6.45, 7) is 0. The van der Waals surface area contributed by atoms with E-state index >= 15 is 0 Å². The van der Waals surface area contributed by atoms with Gasteiger partial charge in [0.15, 0.2) is 0 Å². The SMILES string of the molecule is c1ccc(-n2c3ccccc3c3ccc(-c4ccc(N(c5ccc(-n6c7ccccc7c7ccccc76)cc5)c5ccc6oc7ccccc7c6c5)cc4)cc32)cc1. The maximum Gasteiger partial charge on any atom is 0.135 e. The minimum absolute atomic E-state index is 0.880. The summed E-state index contributed by atoms with van der Waals surface area (Å²) >= 11 is 0. The highest BCUT2D eigenvalue weighted by atomic mass is 16.3. The van der Waals surface area contributed by atoms with Crippen LogP contribution < -0.4 is 4.90 Å². The Kier molecular flexibility index (Phi) is 7.20. The largest absolute Gasteiger partial charge is 0.456 e. The normalized spacial score (nSPS) is 11.8. The van der Waals surface area contributed by atoms with Crippen molar-refractivity contribution in [1.29, 1.82) is 0 Å². The van der Waals surface area contributed by atoms with Gasteiger partial charge < -0.3 is 18.5 Å². The van der Waals surface area contributed by atoms with Gasteiger partial charge in [0.2, 0.25) is 0 Å². The van der Waals surface area contributed by atoms with Gasteiger partial charge in [0, 0.05) is 60.8 Å². The smallest absolute Gasteiger partial charge is 0.135 e. The molecule has 0 aliphatic heterocycles. The number of furan rings is 1. The molecule has 0 aliphatic carbocycles. The van der Waals surface area contributed by atoms with Crippen LogP contribution in [0.1, 0.15) is 0 Å². The highest BCUT2D eigenvalue weighted by Gasteiger charge is 2.18. The van der Waals surface area contributed by atoms with Crippen LogP contribution >= 0.6 is 0 Å². The van der Waals surface area contributed by atoms with E-state index in [1.807, 2.05) is 12.1 Å². The van der Waals surface area contributed by atoms with Crippen molar-refractivity contribution in [1.82, 2.24) is 9.13 Å². The van der Waals surface area contributed by atoms with Gasteiger partial charge in [0.25, 0.3) is 0 Å². The van der Waals surface area contributed by atoms with E-state index in [9.17, 15) is 0 Å². The third-order valence-electron chi connectivity index (χ3n) is 11.7. The van der Waals surface area contributed by atoms with Gasteiger partial charge >= 0.3 is 0 Å². The maximum absolute atomic E-state index is 6.25. The van der Waals surface area contributed by atoms with Crippen LogP contribution in [0.15, 0.2) is 217 Å². The van der Waals surface area contributed by atoms with Crippen molar-refractivity contribution in [2.24, 2.45) is 0 Å². The Morgan fingerprint density at radius 1 is 0.293 bits per heavy atom. The number of benzene rings is 9. The number of aromatic nitrogens is 2. The van der Waals surface area contributed by atoms with Gasteiger partial charge in [-0.25, -0.2) is 0 Å². The van der Waals surface area contributed by atoms with Crippen molar-refractivity contribution in [3.63, 3.8) is 0 Å². The molecular weight excluding hydrogens is 707 g/mol. The molecule has 12 aromatic rings. The quantitative estimate of drug-likeness (QED) is 0.170. The van der Waals surface area contributed by atoms with Crippen LogP contribution in [0.4, 0.5) is 17.1 Å². The average molecular weight is 742 g/mol. The molecule has 0 unspecified atom stereocenters. The minimum Gasteiger partial charge on any atom is -0.456 e. The predicted octanol–water partition coefficient (Wildman–Crippen LogP) is 14.9. The fourth-order valence-corrected chi connectivity index (χ4v) is 9.06. The molecular formula is C54H35N3O. The van der Waals surface area contributed by atoms with Crippen molar-refractivity contribution < 1.29 is 4.42 Å². The number of fused-ring (bicyclic) bond motifs is 9. The van der Waals surface area contributed by atoms with Crippen LogP contribution in [0, 0.1) is 0 Å². The third kappa shape index (κ3) is 5.02. The van der Waals surface area contributed by atoms with Crippen molar-refractivity contribution in [2.75, 3.05) is 4.90 Å². The molecule has 3 heterocycles. The van der Waals surface area contributed by atoms with Crippen LogP contribution in [0.5, 0.6) is 0 Å². The molecule has 4 heteroatoms. The Morgan fingerprint density at radius 3 is 1.41 bits per heavy atom. The van der Waals surface area contributed by atoms with Crippen LogP contribution in [0.3, 0.4) is 0 Å². The molecule has 58 heavy (non-hydrogen) atoms. The third-order valence-corrected chi connectivity index (χ3v) is 11.7. The van der Waals surface area contributed by atoms with E-state index in [1.165, 1.54) is 49.2 Å². The Balaban J connectivity index is 0.986. The molecule has 0 fully saturated rings. The molecule has 0 bridgehead atoms. The molecule has 9 aromatic carbocycles. The van der Waals surface area contributed by atoms with Gasteiger partial charge in [-0.05, 0) is 108 Å². The van der Waals surface area contributed by atoms with Crippen LogP contribution in [0.25, 0.3) is 88.1 Å². The molecule has 0 saturated carbocycles. The van der Waals surface area contributed by atoms with E-state index in [2.05, 4.69) is 214 Å². The number of rotatable bonds is 6. The molecule has 3 aromatic heterocycles. The maximum atomic E-state index is 6.25. The molecule has 0 saturated heterocycles. The lowest BCUT2D eigenvalue weighted by atomic mass is 10.0. The minimum atomic E-state index is 0.880. The predicted molar refractivity (Wildman–Crippen MR) is 243 cm³/mol. The first-order chi connectivity index (χ1) is 28.8. The van der Waals surface area contributed by atoms with Crippen molar-refractivity contribution in [3.05, 3.63) is 212 Å². The van der Waals surface area contributed by atoms with Gasteiger partial charge in [0.1, 0.15) is 11.2 Å². The first-order valence-corrected chi connectivity index (χ1v) is 19.8. The summed E-state index contributed by atoms with van der Waals surface area (Å²) in [6.07, 6.45) is 0. The summed E-state index contributed by atoms with van der Waals surface area (Å²) in [5, 5.41) is 7.22. The van der Waals surface area contributed by atoms with Gasteiger partial charge in [-0.1, -0.05) is 115 Å². The van der Waals surface area contributed by atoms with Crippen LogP contribution in [-0.4, -0.2) is 9.13 Å². The number of hydrogen-bond acceptors (Lipinski definition) is 2. The molecule has 0 radical (unpaired) electrons. The molecule has 0 spiro atoms. The lowest BCUT2D eigenvalue weighted by Crippen LogP contribution is -2.10. The summed E-state index contributed by atoms with van der Waals surface area (Å²) in [4.78, 5) is 2.34. The second-order valence-electron chi connectivity index (χ2n) is 15.0. The molecule has 0 amide bonds. The Bertz CT molecular complexity index is 3440. The highest BCUT2D eigenvalue weighted by molar-refractivity contribution is 6.11. The Labute approximate surface area is 334 Å². The fourth-order valence-electron chi connectivity index (χ4n) is 9.06. The van der Waals surface area contributed by atoms with Gasteiger partial charge in [-0.2, -0.15) is 0 Å². The first-order valence-electron chi connectivity index (χ1n) is 19.8. The van der Waals surface area contributed by atoms with Gasteiger partial charge in [-0.3, -0.25) is 0 Å². The summed E-state index contributed by atoms with van der Waals surface area (Å²) in [5.74, 6) is 0. The van der Waals surface area contributed by atoms with E-state index in [4.69, 9.17) is 4.42 Å². The van der Waals surface area contributed by atoms with E-state index in [0.29, 0.717) is 0 Å². The summed E-state index contributed by atoms with van der Waals surface area (Å²) in [6, 6.07) is 76.2. The van der Waals surface area contributed by atoms with Crippen molar-refractivity contribution in [3.8, 4) is 22.5 Å². The topological polar surface area (TPSA) is 26.2 Å². The highest BCUT2D eigenvalue weighted by Crippen LogP contribution is 2.41. The van der Waals surface area contributed by atoms with E-state index < -0.39 is 0 Å². The zero-order chi connectivity index (χ0) is 38.2. The zero-order valence-electron chi connectivity index (χ0n) is 31.5. The van der Waals surface area contributed by atoms with Crippen LogP contribution in [-0.2, 0) is 0 Å². The van der Waals surface area contributed by atoms with E-state index in [0.717, 1.165) is 55.9 Å². The second-order valence-corrected chi connectivity index (χ2v) is 15.0. The number of hydrogen-bond donors (Lipinski definition) is 0. The van der Waals surface area contributed by atoms with Gasteiger partial charge in [0.05, 0.1) is 22.1 Å². The Hall–Kier alpha value is -7.82. The van der Waals surface area contributed by atoms with Crippen LogP contribution in [0.2, 0.25) is 0 Å². The zero-order valence-corrected chi connectivity index (χ0v) is 31.5. The summed E-state index contributed by atoms with van der Waals surface area (Å²) in [7, 11) is 0. The van der Waals surface area contributed by atoms with E-state index in [1.54, 1.807) is 0 Å². The van der Waals surface area contributed by atoms with Crippen molar-refractivity contribution in [2.45, 2.75) is 0 Å². The van der Waals surface area contributed by atoms with Crippen molar-refractivity contribution >= 4 is 82.6 Å². The molecule has 12 rings (SSSR count). The Morgan fingerprint density at radius 2 is 0.759 bits per heavy atom. The first kappa shape index (κ1) is 32.4. The summed E-state index contributed by atoms with van der Waals surface area (Å²) in [5.41, 5.74) is 14.4. The number of nitrogens with zero attached hydrogens (tertiary/aromatic N) is 3. The monoisotopic (exact) mass is 741 g/mol. The average Bonchev–Trinajstić information content (AvgIpc) is 3.95. The lowest BCUT2D eigenvalue weighted by molar-refractivity contribution is 0.669. The molecule has 0 aliphatic rings. The second kappa shape index (κ2) is 12.9. The fraction of sp³-hybridized carbons (Fsp3) is 0. The molecule has 0 N–H and O–H groups in total. The molecule has 4 nitrogen and oxygen atoms in total. The summed E-state index contributed by atoms with van der Waals surface area (Å²) < 4.78 is 11.0. The standard InChI is InChI=1S/C54H35N3O/c1-2-12-38(13-3-1)57-51-20-10-6-16-45(51)46-32-24-37(34-52(46)57)36-22-25-39(26-23-36)55(42-31-33-54-48(35-42)47-17-7-11-21-53(47)58-54)40-27-29-41(30-28-40)56-49-18-8-4-14-43(49)44-15-5-9-19-50(44)56/h1-35H. The van der Waals surface area contributed by atoms with E-state index in [-0.39, 0.29) is 0 Å². The molecule has 0 atom stereocenters. The number of para-hydroxylation sites is 5.